The van der Waals surface area contributed by atoms with Gasteiger partial charge in [-0.2, -0.15) is 0 Å². The van der Waals surface area contributed by atoms with E-state index in [0.29, 0.717) is 22.9 Å². The first kappa shape index (κ1) is 27.6. The second kappa shape index (κ2) is 11.9. The first-order valence-corrected chi connectivity index (χ1v) is 13.1. The third-order valence-corrected chi connectivity index (χ3v) is 7.32. The minimum Gasteiger partial charge on any atom is -0.489 e. The number of ether oxygens (including phenoxy) is 1. The number of aromatic nitrogens is 2. The van der Waals surface area contributed by atoms with Crippen LogP contribution in [0.15, 0.2) is 48.0 Å². The van der Waals surface area contributed by atoms with Crippen LogP contribution in [0.1, 0.15) is 24.5 Å². The van der Waals surface area contributed by atoms with Gasteiger partial charge in [0.05, 0.1) is 5.41 Å². The number of hydroxylamine groups is 1. The highest BCUT2D eigenvalue weighted by Crippen LogP contribution is 2.37. The molecule has 4 N–H and O–H groups in total. The summed E-state index contributed by atoms with van der Waals surface area (Å²) in [6.07, 6.45) is 1.90. The molecular formula is C24H24Cl2N6O5S. The lowest BCUT2D eigenvalue weighted by Gasteiger charge is -2.30. The van der Waals surface area contributed by atoms with Crippen molar-refractivity contribution in [2.75, 3.05) is 18.4 Å². The Morgan fingerprint density at radius 3 is 2.58 bits per heavy atom. The molecule has 1 aliphatic heterocycles. The Balaban J connectivity index is 1.53. The number of carbonyl (C=O) groups is 3. The lowest BCUT2D eigenvalue weighted by molar-refractivity contribution is -0.143. The van der Waals surface area contributed by atoms with E-state index in [4.69, 9.17) is 33.1 Å². The Hall–Kier alpha value is -3.45. The number of amides is 4. The van der Waals surface area contributed by atoms with Crippen LogP contribution in [-0.4, -0.2) is 57.1 Å². The molecule has 0 aliphatic carbocycles. The predicted molar refractivity (Wildman–Crippen MR) is 142 cm³/mol. The smallest absolute Gasteiger partial charge is 0.321 e. The molecule has 1 saturated heterocycles. The number of urea groups is 1. The van der Waals surface area contributed by atoms with Crippen molar-refractivity contribution in [2.45, 2.75) is 31.4 Å². The van der Waals surface area contributed by atoms with Gasteiger partial charge in [-0.1, -0.05) is 35.3 Å². The minimum absolute atomic E-state index is 0.0266. The Labute approximate surface area is 232 Å². The number of benzene rings is 1. The van der Waals surface area contributed by atoms with Crippen LogP contribution >= 0.6 is 34.5 Å². The predicted octanol–water partition coefficient (Wildman–Crippen LogP) is 3.61. The lowest BCUT2D eigenvalue weighted by Crippen LogP contribution is -2.51. The van der Waals surface area contributed by atoms with Crippen molar-refractivity contribution in [3.63, 3.8) is 0 Å². The first-order chi connectivity index (χ1) is 18.2. The molecule has 2 unspecified atom stereocenters. The lowest BCUT2D eigenvalue weighted by atomic mass is 9.78. The number of likely N-dealkylation sites (tertiary alicyclic amines) is 1. The molecule has 0 bridgehead atoms. The quantitative estimate of drug-likeness (QED) is 0.172. The highest BCUT2D eigenvalue weighted by molar-refractivity contribution is 7.13. The van der Waals surface area contributed by atoms with E-state index < -0.39 is 23.4 Å². The summed E-state index contributed by atoms with van der Waals surface area (Å²) >= 11 is 13.2. The Morgan fingerprint density at radius 1 is 1.24 bits per heavy atom. The second-order valence-electron chi connectivity index (χ2n) is 8.56. The first-order valence-electron chi connectivity index (χ1n) is 11.5. The van der Waals surface area contributed by atoms with Crippen LogP contribution in [0.3, 0.4) is 0 Å². The molecular weight excluding hydrogens is 555 g/mol. The molecule has 11 nitrogen and oxygen atoms in total. The molecule has 1 fully saturated rings. The van der Waals surface area contributed by atoms with Gasteiger partial charge in [-0.25, -0.2) is 20.2 Å². The van der Waals surface area contributed by atoms with Gasteiger partial charge in [0.25, 0.3) is 5.91 Å². The van der Waals surface area contributed by atoms with Gasteiger partial charge >= 0.3 is 6.03 Å². The van der Waals surface area contributed by atoms with E-state index in [-0.39, 0.29) is 35.9 Å². The van der Waals surface area contributed by atoms with E-state index in [2.05, 4.69) is 20.6 Å². The largest absolute Gasteiger partial charge is 0.489 e. The average Bonchev–Trinajstić information content (AvgIpc) is 3.53. The van der Waals surface area contributed by atoms with Crippen molar-refractivity contribution in [3.8, 4) is 5.75 Å². The summed E-state index contributed by atoms with van der Waals surface area (Å²) in [5.41, 5.74) is 1.82. The summed E-state index contributed by atoms with van der Waals surface area (Å²) in [7, 11) is 0. The molecule has 200 valence electrons. The van der Waals surface area contributed by atoms with Crippen LogP contribution in [0.5, 0.6) is 5.75 Å². The number of anilines is 1. The number of thiazole rings is 1. The Kier molecular flexibility index (Phi) is 8.67. The fourth-order valence-corrected chi connectivity index (χ4v) is 5.25. The number of hydrogen-bond donors (Lipinski definition) is 4. The standard InChI is InChI=1S/C24H24Cl2N6O5S/c1-14(20(33)31-36)32-8-6-24(21(32)34,13-28-22(35)30-23-27-7-9-38-23)16-2-4-17(5-3-16)37-12-15-10-18(25)29-19(26)11-15/h2-5,7,9-11,14,36H,6,8,12-13H2,1H3,(H,31,33)(H2,27,28,30,35). The molecule has 4 amide bonds. The third kappa shape index (κ3) is 6.16. The number of rotatable bonds is 9. The van der Waals surface area contributed by atoms with E-state index >= 15 is 0 Å². The number of nitrogens with zero attached hydrogens (tertiary/aromatic N) is 3. The van der Waals surface area contributed by atoms with E-state index in [1.807, 2.05) is 0 Å². The zero-order chi connectivity index (χ0) is 27.3. The van der Waals surface area contributed by atoms with Crippen LogP contribution in [0, 0.1) is 0 Å². The minimum atomic E-state index is -1.14. The molecule has 1 aromatic carbocycles. The fourth-order valence-electron chi connectivity index (χ4n) is 4.23. The second-order valence-corrected chi connectivity index (χ2v) is 10.2. The maximum atomic E-state index is 13.7. The molecule has 3 aromatic rings. The topological polar surface area (TPSA) is 146 Å². The molecule has 0 saturated carbocycles. The molecule has 0 spiro atoms. The van der Waals surface area contributed by atoms with Crippen LogP contribution in [0.2, 0.25) is 10.3 Å². The summed E-state index contributed by atoms with van der Waals surface area (Å²) in [4.78, 5) is 47.6. The zero-order valence-electron chi connectivity index (χ0n) is 20.1. The van der Waals surface area contributed by atoms with Crippen LogP contribution < -0.4 is 20.9 Å². The van der Waals surface area contributed by atoms with Gasteiger partial charge in [-0.15, -0.1) is 11.3 Å². The number of halogens is 2. The van der Waals surface area contributed by atoms with E-state index in [1.54, 1.807) is 53.5 Å². The van der Waals surface area contributed by atoms with Crippen molar-refractivity contribution in [2.24, 2.45) is 0 Å². The van der Waals surface area contributed by atoms with Crippen LogP contribution in [0.25, 0.3) is 0 Å². The summed E-state index contributed by atoms with van der Waals surface area (Å²) in [5, 5.41) is 17.1. The van der Waals surface area contributed by atoms with Crippen molar-refractivity contribution in [1.29, 1.82) is 0 Å². The molecule has 3 heterocycles. The molecule has 0 radical (unpaired) electrons. The van der Waals surface area contributed by atoms with Gasteiger partial charge in [0.1, 0.15) is 28.7 Å². The third-order valence-electron chi connectivity index (χ3n) is 6.25. The van der Waals surface area contributed by atoms with E-state index in [0.717, 1.165) is 5.56 Å². The van der Waals surface area contributed by atoms with Gasteiger partial charge in [-0.3, -0.25) is 20.1 Å². The van der Waals surface area contributed by atoms with Crippen molar-refractivity contribution < 1.29 is 24.3 Å². The summed E-state index contributed by atoms with van der Waals surface area (Å²) < 4.78 is 5.84. The number of carbonyl (C=O) groups excluding carboxylic acids is 3. The average molecular weight is 579 g/mol. The number of nitrogens with one attached hydrogen (secondary N) is 3. The van der Waals surface area contributed by atoms with Crippen molar-refractivity contribution in [3.05, 3.63) is 69.4 Å². The molecule has 4 rings (SSSR count). The van der Waals surface area contributed by atoms with Gasteiger partial charge in [-0.05, 0) is 48.7 Å². The van der Waals surface area contributed by atoms with Gasteiger partial charge in [0.15, 0.2) is 5.13 Å². The molecule has 2 atom stereocenters. The van der Waals surface area contributed by atoms with E-state index in [1.165, 1.54) is 23.2 Å². The summed E-state index contributed by atoms with van der Waals surface area (Å²) in [6.45, 7) is 1.95. The SMILES string of the molecule is CC(C(=O)NO)N1CCC(CNC(=O)Nc2nccs2)(c2ccc(OCc3cc(Cl)nc(Cl)c3)cc2)C1=O. The number of pyridine rings is 1. The maximum Gasteiger partial charge on any atom is 0.321 e. The molecule has 2 aromatic heterocycles. The highest BCUT2D eigenvalue weighted by Gasteiger charge is 2.50. The zero-order valence-corrected chi connectivity index (χ0v) is 22.4. The monoisotopic (exact) mass is 578 g/mol. The van der Waals surface area contributed by atoms with Crippen molar-refractivity contribution >= 4 is 57.5 Å². The maximum absolute atomic E-state index is 13.7. The van der Waals surface area contributed by atoms with E-state index in [9.17, 15) is 14.4 Å². The summed E-state index contributed by atoms with van der Waals surface area (Å²) in [5.74, 6) is -0.515. The van der Waals surface area contributed by atoms with Gasteiger partial charge in [0.2, 0.25) is 5.91 Å². The van der Waals surface area contributed by atoms with Gasteiger partial charge < -0.3 is 15.0 Å². The molecule has 14 heteroatoms. The van der Waals surface area contributed by atoms with Gasteiger partial charge in [0, 0.05) is 24.7 Å². The molecule has 1 aliphatic rings. The fraction of sp³-hybridized carbons (Fsp3) is 0.292. The van der Waals surface area contributed by atoms with Crippen LogP contribution in [0.4, 0.5) is 9.93 Å². The normalized spacial score (nSPS) is 17.7. The Morgan fingerprint density at radius 2 is 1.95 bits per heavy atom. The Bertz CT molecular complexity index is 1290. The van der Waals surface area contributed by atoms with Crippen molar-refractivity contribution in [1.82, 2.24) is 25.7 Å². The highest BCUT2D eigenvalue weighted by atomic mass is 35.5. The van der Waals surface area contributed by atoms with Crippen LogP contribution in [-0.2, 0) is 21.6 Å². The number of hydrogen-bond acceptors (Lipinski definition) is 8. The molecule has 38 heavy (non-hydrogen) atoms. The summed E-state index contributed by atoms with van der Waals surface area (Å²) in [6, 6.07) is 8.82.